The number of oxime groups is 1. The molecule has 5 atom stereocenters. The third-order valence-corrected chi connectivity index (χ3v) is 6.23. The molecule has 2 aliphatic heterocycles. The summed E-state index contributed by atoms with van der Waals surface area (Å²) in [5, 5.41) is 18.8. The molecule has 1 saturated heterocycles. The Morgan fingerprint density at radius 1 is 1.11 bits per heavy atom. The molecule has 12 nitrogen and oxygen atoms in total. The van der Waals surface area contributed by atoms with Gasteiger partial charge in [0.25, 0.3) is 5.91 Å². The van der Waals surface area contributed by atoms with Crippen molar-refractivity contribution in [3.05, 3.63) is 71.8 Å². The van der Waals surface area contributed by atoms with Crippen LogP contribution < -0.4 is 10.7 Å². The normalized spacial score (nSPS) is 26.0. The highest BCUT2D eigenvalue weighted by atomic mass is 16.7. The molecule has 200 valence electrons. The highest BCUT2D eigenvalue weighted by Gasteiger charge is 2.62. The first-order chi connectivity index (χ1) is 18.2. The van der Waals surface area contributed by atoms with Crippen molar-refractivity contribution in [2.45, 2.75) is 50.2 Å². The van der Waals surface area contributed by atoms with Crippen LogP contribution in [0.2, 0.25) is 0 Å². The van der Waals surface area contributed by atoms with Gasteiger partial charge in [0.1, 0.15) is 17.7 Å². The molecule has 0 aromatic heterocycles. The lowest BCUT2D eigenvalue weighted by molar-refractivity contribution is -0.207. The molecule has 0 aliphatic carbocycles. The Bertz CT molecular complexity index is 1200. The molecule has 4 rings (SSSR count). The van der Waals surface area contributed by atoms with Gasteiger partial charge in [0.2, 0.25) is 5.91 Å². The molecule has 0 unspecified atom stereocenters. The average molecular weight is 525 g/mol. The van der Waals surface area contributed by atoms with E-state index in [-0.39, 0.29) is 18.6 Å². The lowest BCUT2D eigenvalue weighted by Crippen LogP contribution is -2.81. The van der Waals surface area contributed by atoms with Crippen LogP contribution in [-0.4, -0.2) is 76.7 Å². The summed E-state index contributed by atoms with van der Waals surface area (Å²) in [4.78, 5) is 55.9. The molecule has 0 saturated carbocycles. The summed E-state index contributed by atoms with van der Waals surface area (Å²) in [6.45, 7) is 2.99. The summed E-state index contributed by atoms with van der Waals surface area (Å²) in [5.41, 5.74) is 1.37. The average Bonchev–Trinajstić information content (AvgIpc) is 2.90. The van der Waals surface area contributed by atoms with Gasteiger partial charge in [0, 0.05) is 0 Å². The second-order valence-electron chi connectivity index (χ2n) is 8.94. The minimum atomic E-state index is -1.92. The number of benzene rings is 2. The van der Waals surface area contributed by atoms with E-state index >= 15 is 0 Å². The Morgan fingerprint density at radius 2 is 1.76 bits per heavy atom. The molecular formula is C26H28N4O8. The zero-order valence-electron chi connectivity index (χ0n) is 20.8. The van der Waals surface area contributed by atoms with Gasteiger partial charge in [-0.05, 0) is 31.5 Å². The van der Waals surface area contributed by atoms with Gasteiger partial charge in [0.05, 0.1) is 24.8 Å². The number of esters is 1. The number of ether oxygens (including phenoxy) is 2. The number of β-lactam (4-membered cyclic amide) rings is 1. The molecule has 2 aliphatic rings. The number of aliphatic hydroxyl groups is 1. The third kappa shape index (κ3) is 5.59. The summed E-state index contributed by atoms with van der Waals surface area (Å²) in [5.74, 6) is -1.82. The van der Waals surface area contributed by atoms with Crippen molar-refractivity contribution < 1.29 is 38.6 Å². The fourth-order valence-corrected chi connectivity index (χ4v) is 4.26. The van der Waals surface area contributed by atoms with Crippen LogP contribution in [0.5, 0.6) is 0 Å². The lowest BCUT2D eigenvalue weighted by atomic mass is 9.80. The van der Waals surface area contributed by atoms with E-state index in [4.69, 9.17) is 14.3 Å². The highest BCUT2D eigenvalue weighted by Crippen LogP contribution is 2.34. The first kappa shape index (κ1) is 26.6. The molecule has 3 N–H and O–H groups in total. The van der Waals surface area contributed by atoms with E-state index < -0.39 is 53.8 Å². The number of hydrogen-bond donors (Lipinski definition) is 3. The number of nitrogens with zero attached hydrogens (tertiary/aromatic N) is 2. The number of carbonyl (C=O) groups is 4. The van der Waals surface area contributed by atoms with Gasteiger partial charge in [-0.15, -0.1) is 0 Å². The van der Waals surface area contributed by atoms with Crippen molar-refractivity contribution in [2.75, 3.05) is 6.61 Å². The zero-order valence-corrected chi connectivity index (χ0v) is 20.8. The van der Waals surface area contributed by atoms with Gasteiger partial charge in [-0.3, -0.25) is 9.59 Å². The molecule has 2 aromatic carbocycles. The second-order valence-corrected chi connectivity index (χ2v) is 8.94. The van der Waals surface area contributed by atoms with E-state index in [1.54, 1.807) is 61.5 Å². The first-order valence-electron chi connectivity index (χ1n) is 12.0. The van der Waals surface area contributed by atoms with Gasteiger partial charge in [-0.2, -0.15) is 0 Å². The molecule has 2 aromatic rings. The second kappa shape index (κ2) is 11.3. The van der Waals surface area contributed by atoms with Crippen LogP contribution in [0, 0.1) is 0 Å². The van der Waals surface area contributed by atoms with Crippen LogP contribution in [0.4, 0.5) is 4.79 Å². The Labute approximate surface area is 218 Å². The van der Waals surface area contributed by atoms with Gasteiger partial charge < -0.3 is 24.7 Å². The lowest BCUT2D eigenvalue weighted by Gasteiger charge is -2.52. The summed E-state index contributed by atoms with van der Waals surface area (Å²) >= 11 is 0. The SMILES string of the molecule is CCOC(=O)NN1C(=O)[C@H](NC(=O)Cc2ccccc2)[C@@H]1[C@@H]1ON=C[C@H](OC(=O)c2ccccc2)[C@@]1(C)O. The maximum absolute atomic E-state index is 13.0. The molecule has 1 fully saturated rings. The van der Waals surface area contributed by atoms with E-state index in [2.05, 4.69) is 15.9 Å². The highest BCUT2D eigenvalue weighted by molar-refractivity contribution is 5.95. The summed E-state index contributed by atoms with van der Waals surface area (Å²) in [7, 11) is 0. The van der Waals surface area contributed by atoms with E-state index in [0.29, 0.717) is 0 Å². The predicted octanol–water partition coefficient (Wildman–Crippen LogP) is 0.947. The maximum atomic E-state index is 13.0. The van der Waals surface area contributed by atoms with Crippen LogP contribution in [0.25, 0.3) is 0 Å². The summed E-state index contributed by atoms with van der Waals surface area (Å²) < 4.78 is 10.4. The van der Waals surface area contributed by atoms with Crippen LogP contribution in [0.1, 0.15) is 29.8 Å². The summed E-state index contributed by atoms with van der Waals surface area (Å²) in [6.07, 6.45) is -2.37. The van der Waals surface area contributed by atoms with Crippen molar-refractivity contribution in [1.82, 2.24) is 15.8 Å². The third-order valence-electron chi connectivity index (χ3n) is 6.23. The Balaban J connectivity index is 1.54. The van der Waals surface area contributed by atoms with Gasteiger partial charge in [-0.1, -0.05) is 53.7 Å². The first-order valence-corrected chi connectivity index (χ1v) is 12.0. The van der Waals surface area contributed by atoms with Crippen LogP contribution in [0.3, 0.4) is 0 Å². The predicted molar refractivity (Wildman–Crippen MR) is 133 cm³/mol. The molecule has 3 amide bonds. The maximum Gasteiger partial charge on any atom is 0.426 e. The van der Waals surface area contributed by atoms with Crippen molar-refractivity contribution in [2.24, 2.45) is 5.16 Å². The molecule has 12 heteroatoms. The zero-order chi connectivity index (χ0) is 27.3. The fourth-order valence-electron chi connectivity index (χ4n) is 4.26. The molecular weight excluding hydrogens is 496 g/mol. The number of amides is 3. The van der Waals surface area contributed by atoms with Crippen molar-refractivity contribution in [1.29, 1.82) is 0 Å². The Morgan fingerprint density at radius 3 is 2.42 bits per heavy atom. The smallest absolute Gasteiger partial charge is 0.426 e. The van der Waals surface area contributed by atoms with Crippen molar-refractivity contribution in [3.63, 3.8) is 0 Å². The minimum absolute atomic E-state index is 0.0000277. The van der Waals surface area contributed by atoms with Gasteiger partial charge in [-0.25, -0.2) is 20.0 Å². The topological polar surface area (TPSA) is 156 Å². The molecule has 0 bridgehead atoms. The van der Waals surface area contributed by atoms with E-state index in [0.717, 1.165) is 16.8 Å². The molecule has 38 heavy (non-hydrogen) atoms. The number of hydrogen-bond acceptors (Lipinski definition) is 9. The van der Waals surface area contributed by atoms with E-state index in [1.165, 1.54) is 6.92 Å². The fraction of sp³-hybridized carbons (Fsp3) is 0.346. The molecule has 2 heterocycles. The quantitative estimate of drug-likeness (QED) is 0.340. The Kier molecular flexibility index (Phi) is 7.91. The standard InChI is InChI=1S/C26H28N4O8/c1-3-36-25(34)29-30-21(20(23(30)32)28-19(31)14-16-10-6-4-7-11-16)22-26(2,35)18(15-27-38-22)37-24(33)17-12-8-5-9-13-17/h4-13,15,18,20-22,35H,3,14H2,1-2H3,(H,28,31)(H,29,34)/t18-,20+,21+,22-,26+/m0/s1. The van der Waals surface area contributed by atoms with Crippen LogP contribution in [-0.2, 0) is 30.3 Å². The number of rotatable bonds is 8. The monoisotopic (exact) mass is 524 g/mol. The Hall–Kier alpha value is -4.45. The van der Waals surface area contributed by atoms with Gasteiger partial charge >= 0.3 is 12.1 Å². The van der Waals surface area contributed by atoms with E-state index in [9.17, 15) is 24.3 Å². The van der Waals surface area contributed by atoms with Crippen LogP contribution in [0.15, 0.2) is 65.8 Å². The minimum Gasteiger partial charge on any atom is -0.450 e. The largest absolute Gasteiger partial charge is 0.450 e. The van der Waals surface area contributed by atoms with Crippen molar-refractivity contribution >= 4 is 30.1 Å². The number of carbonyl (C=O) groups excluding carboxylic acids is 4. The van der Waals surface area contributed by atoms with Crippen molar-refractivity contribution in [3.8, 4) is 0 Å². The molecule has 0 spiro atoms. The number of nitrogens with one attached hydrogen (secondary N) is 2. The molecule has 0 radical (unpaired) electrons. The summed E-state index contributed by atoms with van der Waals surface area (Å²) in [6, 6.07) is 14.8. The van der Waals surface area contributed by atoms with Gasteiger partial charge in [0.15, 0.2) is 12.2 Å². The van der Waals surface area contributed by atoms with E-state index in [1.807, 2.05) is 6.07 Å². The number of hydrazine groups is 1. The van der Waals surface area contributed by atoms with Crippen LogP contribution >= 0.6 is 0 Å².